The van der Waals surface area contributed by atoms with E-state index in [2.05, 4.69) is 10.1 Å². The molecule has 148 valence electrons. The molecule has 5 rings (SSSR count). The highest BCUT2D eigenvalue weighted by Crippen LogP contribution is 2.37. The molecule has 0 bridgehead atoms. The van der Waals surface area contributed by atoms with E-state index in [1.165, 1.54) is 24.3 Å². The number of fused-ring (bicyclic) bond motifs is 2. The molecule has 0 atom stereocenters. The number of hydrogen-bond donors (Lipinski definition) is 2. The van der Waals surface area contributed by atoms with Crippen molar-refractivity contribution in [3.05, 3.63) is 62.4 Å². The molecule has 29 heavy (non-hydrogen) atoms. The molecule has 0 amide bonds. The highest BCUT2D eigenvalue weighted by Gasteiger charge is 2.28. The van der Waals surface area contributed by atoms with Crippen molar-refractivity contribution in [3.8, 4) is 0 Å². The molecule has 2 aromatic heterocycles. The highest BCUT2D eigenvalue weighted by atomic mass is 35.5. The average Bonchev–Trinajstić information content (AvgIpc) is 3.44. The van der Waals surface area contributed by atoms with E-state index in [1.807, 2.05) is 0 Å². The van der Waals surface area contributed by atoms with Gasteiger partial charge in [-0.25, -0.2) is 13.2 Å². The lowest BCUT2D eigenvalue weighted by Gasteiger charge is -2.10. The van der Waals surface area contributed by atoms with E-state index in [9.17, 15) is 23.2 Å². The van der Waals surface area contributed by atoms with Gasteiger partial charge in [0.15, 0.2) is 0 Å². The van der Waals surface area contributed by atoms with Gasteiger partial charge in [-0.3, -0.25) is 9.48 Å². The Hall–Kier alpha value is -3.11. The summed E-state index contributed by atoms with van der Waals surface area (Å²) in [6.45, 7) is 0. The molecular formula is C18H13ClN4O5S. The van der Waals surface area contributed by atoms with Crippen LogP contribution in [0.3, 0.4) is 0 Å². The van der Waals surface area contributed by atoms with Crippen LogP contribution in [0.4, 0.5) is 0 Å². The number of aromatic amines is 1. The van der Waals surface area contributed by atoms with E-state index in [4.69, 9.17) is 11.6 Å². The summed E-state index contributed by atoms with van der Waals surface area (Å²) in [6.07, 6.45) is 3.66. The Morgan fingerprint density at radius 3 is 2.66 bits per heavy atom. The molecule has 0 aliphatic heterocycles. The molecule has 0 radical (unpaired) electrons. The Morgan fingerprint density at radius 1 is 1.17 bits per heavy atom. The topological polar surface area (TPSA) is 127 Å². The normalized spacial score (nSPS) is 14.7. The SMILES string of the molecule is O=c1[nH]c2c(S(=O)(=O)c3ccc4cnn(C5CC5)c4c3)ccc(Cl)c2c(=O)n1O. The van der Waals surface area contributed by atoms with Crippen molar-refractivity contribution in [3.63, 3.8) is 0 Å². The van der Waals surface area contributed by atoms with Crippen molar-refractivity contribution in [2.45, 2.75) is 28.7 Å². The maximum atomic E-state index is 13.4. The van der Waals surface area contributed by atoms with Crippen molar-refractivity contribution in [1.29, 1.82) is 0 Å². The minimum Gasteiger partial charge on any atom is -0.421 e. The molecule has 1 saturated carbocycles. The molecule has 11 heteroatoms. The molecular weight excluding hydrogens is 420 g/mol. The van der Waals surface area contributed by atoms with Gasteiger partial charge in [-0.2, -0.15) is 5.10 Å². The minimum absolute atomic E-state index is 0.00921. The molecule has 0 saturated heterocycles. The first-order valence-electron chi connectivity index (χ1n) is 8.68. The Bertz CT molecular complexity index is 1550. The number of nitrogens with one attached hydrogen (secondary N) is 1. The van der Waals surface area contributed by atoms with Gasteiger partial charge < -0.3 is 10.2 Å². The second-order valence-corrected chi connectivity index (χ2v) is 9.21. The number of hydrogen-bond acceptors (Lipinski definition) is 6. The van der Waals surface area contributed by atoms with Crippen molar-refractivity contribution >= 4 is 43.2 Å². The maximum Gasteiger partial charge on any atom is 0.362 e. The third kappa shape index (κ3) is 2.60. The summed E-state index contributed by atoms with van der Waals surface area (Å²) in [5.74, 6) is 0. The smallest absolute Gasteiger partial charge is 0.362 e. The van der Waals surface area contributed by atoms with Gasteiger partial charge in [0.2, 0.25) is 9.84 Å². The van der Waals surface area contributed by atoms with Crippen LogP contribution in [-0.4, -0.2) is 33.1 Å². The summed E-state index contributed by atoms with van der Waals surface area (Å²) in [4.78, 5) is 26.0. The maximum absolute atomic E-state index is 13.4. The lowest BCUT2D eigenvalue weighted by Crippen LogP contribution is -2.33. The lowest BCUT2D eigenvalue weighted by atomic mass is 10.2. The Morgan fingerprint density at radius 2 is 1.93 bits per heavy atom. The molecule has 1 aliphatic rings. The first-order valence-corrected chi connectivity index (χ1v) is 10.5. The van der Waals surface area contributed by atoms with Crippen LogP contribution in [0.25, 0.3) is 21.8 Å². The number of rotatable bonds is 3. The monoisotopic (exact) mass is 432 g/mol. The van der Waals surface area contributed by atoms with Gasteiger partial charge in [-0.1, -0.05) is 16.3 Å². The standard InChI is InChI=1S/C18H13ClN4O5S/c19-12-5-6-14(16-15(12)17(24)23(26)18(25)21-16)29(27,28)11-4-1-9-8-20-22(10-2-3-10)13(9)7-11/h1,4-8,10,26H,2-3H2,(H,21,25). The molecule has 4 aromatic rings. The number of sulfone groups is 1. The third-order valence-electron chi connectivity index (χ3n) is 5.01. The fourth-order valence-corrected chi connectivity index (χ4v) is 5.07. The van der Waals surface area contributed by atoms with E-state index in [0.717, 1.165) is 18.2 Å². The van der Waals surface area contributed by atoms with E-state index < -0.39 is 21.1 Å². The number of H-pyrrole nitrogens is 1. The molecule has 1 fully saturated rings. The van der Waals surface area contributed by atoms with E-state index >= 15 is 0 Å². The minimum atomic E-state index is -4.12. The van der Waals surface area contributed by atoms with E-state index in [-0.39, 0.29) is 36.5 Å². The largest absolute Gasteiger partial charge is 0.421 e. The number of nitrogens with zero attached hydrogens (tertiary/aromatic N) is 3. The molecule has 9 nitrogen and oxygen atoms in total. The second-order valence-electron chi connectivity index (χ2n) is 6.89. The fraction of sp³-hybridized carbons (Fsp3) is 0.167. The molecule has 0 unspecified atom stereocenters. The average molecular weight is 433 g/mol. The quantitative estimate of drug-likeness (QED) is 0.477. The number of halogens is 1. The van der Waals surface area contributed by atoms with Gasteiger partial charge in [-0.15, -0.1) is 0 Å². The van der Waals surface area contributed by atoms with Crippen LogP contribution in [0.2, 0.25) is 5.02 Å². The number of benzene rings is 2. The van der Waals surface area contributed by atoms with E-state index in [1.54, 1.807) is 16.9 Å². The van der Waals surface area contributed by atoms with Crippen LogP contribution in [0.1, 0.15) is 18.9 Å². The van der Waals surface area contributed by atoms with Gasteiger partial charge in [0, 0.05) is 5.39 Å². The molecule has 2 aromatic carbocycles. The Labute approximate surface area is 167 Å². The van der Waals surface area contributed by atoms with Crippen LogP contribution in [0.5, 0.6) is 0 Å². The van der Waals surface area contributed by atoms with Gasteiger partial charge in [0.1, 0.15) is 0 Å². The van der Waals surface area contributed by atoms with Crippen molar-refractivity contribution < 1.29 is 13.6 Å². The van der Waals surface area contributed by atoms with Crippen molar-refractivity contribution in [2.24, 2.45) is 0 Å². The first-order chi connectivity index (χ1) is 13.8. The Balaban J connectivity index is 1.79. The summed E-state index contributed by atoms with van der Waals surface area (Å²) in [5.41, 5.74) is -1.83. The zero-order valence-corrected chi connectivity index (χ0v) is 16.2. The summed E-state index contributed by atoms with van der Waals surface area (Å²) < 4.78 is 28.4. The fourth-order valence-electron chi connectivity index (χ4n) is 3.40. The van der Waals surface area contributed by atoms with Gasteiger partial charge in [0.25, 0.3) is 5.56 Å². The van der Waals surface area contributed by atoms with Crippen LogP contribution >= 0.6 is 11.6 Å². The first kappa shape index (κ1) is 18.0. The zero-order valence-electron chi connectivity index (χ0n) is 14.7. The predicted octanol–water partition coefficient (Wildman–Crippen LogP) is 2.10. The molecule has 2 N–H and O–H groups in total. The highest BCUT2D eigenvalue weighted by molar-refractivity contribution is 7.91. The Kier molecular flexibility index (Phi) is 3.68. The third-order valence-corrected chi connectivity index (χ3v) is 7.12. The van der Waals surface area contributed by atoms with Crippen LogP contribution in [0, 0.1) is 0 Å². The van der Waals surface area contributed by atoms with Crippen molar-refractivity contribution in [1.82, 2.24) is 19.5 Å². The van der Waals surface area contributed by atoms with Crippen LogP contribution < -0.4 is 11.2 Å². The molecule has 0 spiro atoms. The summed E-state index contributed by atoms with van der Waals surface area (Å²) in [5, 5.41) is 14.3. The van der Waals surface area contributed by atoms with Crippen molar-refractivity contribution in [2.75, 3.05) is 0 Å². The zero-order chi connectivity index (χ0) is 20.5. The van der Waals surface area contributed by atoms with Gasteiger partial charge >= 0.3 is 5.69 Å². The van der Waals surface area contributed by atoms with Crippen LogP contribution in [-0.2, 0) is 9.84 Å². The summed E-state index contributed by atoms with van der Waals surface area (Å²) >= 11 is 6.03. The summed E-state index contributed by atoms with van der Waals surface area (Å²) in [6, 6.07) is 7.37. The molecule has 2 heterocycles. The second kappa shape index (κ2) is 5.94. The van der Waals surface area contributed by atoms with E-state index in [0.29, 0.717) is 5.52 Å². The molecule has 1 aliphatic carbocycles. The van der Waals surface area contributed by atoms with Crippen LogP contribution in [0.15, 0.2) is 55.9 Å². The van der Waals surface area contributed by atoms with Gasteiger partial charge in [0.05, 0.1) is 43.5 Å². The van der Waals surface area contributed by atoms with Gasteiger partial charge in [-0.05, 0) is 43.2 Å². The predicted molar refractivity (Wildman–Crippen MR) is 104 cm³/mol. The summed E-state index contributed by atoms with van der Waals surface area (Å²) in [7, 11) is -4.12. The lowest BCUT2D eigenvalue weighted by molar-refractivity contribution is 0.162. The number of aromatic nitrogens is 4.